The number of carbonyl (C=O) groups excluding carboxylic acids is 1. The number of nitriles is 1. The van der Waals surface area contributed by atoms with E-state index in [4.69, 9.17) is 33.0 Å². The summed E-state index contributed by atoms with van der Waals surface area (Å²) >= 11 is 1.30. The van der Waals surface area contributed by atoms with Crippen LogP contribution in [0.1, 0.15) is 45.1 Å². The molecule has 59 heavy (non-hydrogen) atoms. The number of allylic oxidation sites excluding steroid dienone is 2. The summed E-state index contributed by atoms with van der Waals surface area (Å²) in [6.07, 6.45) is 11.1. The van der Waals surface area contributed by atoms with E-state index in [2.05, 4.69) is 23.2 Å². The van der Waals surface area contributed by atoms with Crippen molar-refractivity contribution in [2.75, 3.05) is 26.4 Å². The molecule has 310 valence electrons. The first-order valence-corrected chi connectivity index (χ1v) is 20.6. The number of phosphoric ester groups is 1. The average molecular weight is 851 g/mol. The van der Waals surface area contributed by atoms with Gasteiger partial charge in [-0.05, 0) is 61.4 Å². The van der Waals surface area contributed by atoms with E-state index < -0.39 is 55.0 Å². The van der Waals surface area contributed by atoms with E-state index in [1.165, 1.54) is 65.5 Å². The predicted octanol–water partition coefficient (Wildman–Crippen LogP) is 8.79. The van der Waals surface area contributed by atoms with E-state index >= 15 is 4.39 Å². The van der Waals surface area contributed by atoms with E-state index in [9.17, 15) is 18.1 Å². The molecule has 0 N–H and O–H groups in total. The summed E-state index contributed by atoms with van der Waals surface area (Å²) < 4.78 is 94.1. The van der Waals surface area contributed by atoms with Crippen LogP contribution < -0.4 is 0 Å². The van der Waals surface area contributed by atoms with E-state index in [-0.39, 0.29) is 54.9 Å². The highest BCUT2D eigenvalue weighted by molar-refractivity contribution is 8.00. The van der Waals surface area contributed by atoms with Crippen LogP contribution in [0.5, 0.6) is 0 Å². The third kappa shape index (κ3) is 12.0. The number of thioether (sulfide) groups is 1. The molecule has 12 nitrogen and oxygen atoms in total. The summed E-state index contributed by atoms with van der Waals surface area (Å²) in [5.41, 5.74) is -0.576. The molecule has 2 heterocycles. The lowest BCUT2D eigenvalue weighted by Crippen LogP contribution is -2.47. The number of halogens is 3. The predicted molar refractivity (Wildman–Crippen MR) is 215 cm³/mol. The summed E-state index contributed by atoms with van der Waals surface area (Å²) in [7, 11) is -4.15. The second kappa shape index (κ2) is 21.2. The monoisotopic (exact) mass is 850 g/mol. The quantitative estimate of drug-likeness (QED) is 0.0363. The topological polar surface area (TPSA) is 144 Å². The maximum atomic E-state index is 16.1. The molecule has 0 bridgehead atoms. The van der Waals surface area contributed by atoms with Gasteiger partial charge >= 0.3 is 13.8 Å². The van der Waals surface area contributed by atoms with Gasteiger partial charge in [0.15, 0.2) is 11.9 Å². The van der Waals surface area contributed by atoms with Crippen LogP contribution in [0.3, 0.4) is 0 Å². The van der Waals surface area contributed by atoms with Gasteiger partial charge in [-0.15, -0.1) is 24.9 Å². The number of nitrogens with zero attached hydrogens (tertiary/aromatic N) is 4. The molecule has 0 aliphatic carbocycles. The van der Waals surface area contributed by atoms with Crippen molar-refractivity contribution < 1.29 is 50.3 Å². The second-order valence-electron chi connectivity index (χ2n) is 13.0. The summed E-state index contributed by atoms with van der Waals surface area (Å²) in [6, 6.07) is 13.9. The van der Waals surface area contributed by atoms with Crippen molar-refractivity contribution in [3.8, 4) is 6.07 Å². The van der Waals surface area contributed by atoms with Gasteiger partial charge in [0, 0.05) is 22.4 Å². The number of rotatable bonds is 20. The van der Waals surface area contributed by atoms with E-state index in [0.29, 0.717) is 22.8 Å². The van der Waals surface area contributed by atoms with Gasteiger partial charge in [0.05, 0.1) is 62.0 Å². The Morgan fingerprint density at radius 3 is 2.46 bits per heavy atom. The number of carbonyl (C=O) groups is 1. The van der Waals surface area contributed by atoms with E-state index in [0.717, 1.165) is 12.1 Å². The Hall–Kier alpha value is -5.11. The van der Waals surface area contributed by atoms with Crippen molar-refractivity contribution in [3.05, 3.63) is 162 Å². The summed E-state index contributed by atoms with van der Waals surface area (Å²) in [5.74, 6) is -3.22. The van der Waals surface area contributed by atoms with Gasteiger partial charge in [-0.3, -0.25) is 13.6 Å². The molecule has 0 unspecified atom stereocenters. The molecule has 3 aromatic carbocycles. The van der Waals surface area contributed by atoms with E-state index in [1.54, 1.807) is 50.3 Å². The van der Waals surface area contributed by atoms with Crippen molar-refractivity contribution in [3.63, 3.8) is 0 Å². The zero-order valence-corrected chi connectivity index (χ0v) is 34.0. The minimum Gasteiger partial charge on any atom is -0.447 e. The Morgan fingerprint density at radius 1 is 1.07 bits per heavy atom. The average Bonchev–Trinajstić information content (AvgIpc) is 3.74. The van der Waals surface area contributed by atoms with Crippen molar-refractivity contribution in [1.82, 2.24) is 14.8 Å². The van der Waals surface area contributed by atoms with Crippen LogP contribution in [0.25, 0.3) is 6.08 Å². The fraction of sp³-hybridized carbons (Fsp3) is 0.286. The van der Waals surface area contributed by atoms with Gasteiger partial charge in [-0.25, -0.2) is 32.2 Å². The van der Waals surface area contributed by atoms with Crippen LogP contribution in [0.15, 0.2) is 111 Å². The van der Waals surface area contributed by atoms with E-state index in [1.807, 2.05) is 6.07 Å². The van der Waals surface area contributed by atoms with Crippen molar-refractivity contribution in [2.24, 2.45) is 0 Å². The highest BCUT2D eigenvalue weighted by atomic mass is 32.2. The van der Waals surface area contributed by atoms with Gasteiger partial charge in [-0.1, -0.05) is 48.6 Å². The van der Waals surface area contributed by atoms with Gasteiger partial charge in [0.1, 0.15) is 30.1 Å². The molecule has 0 saturated carbocycles. The Labute approximate surface area is 344 Å². The Balaban J connectivity index is 1.40. The molecule has 0 radical (unpaired) electrons. The highest BCUT2D eigenvalue weighted by Crippen LogP contribution is 2.50. The largest absolute Gasteiger partial charge is 0.475 e. The third-order valence-corrected chi connectivity index (χ3v) is 11.8. The Morgan fingerprint density at radius 2 is 1.81 bits per heavy atom. The zero-order chi connectivity index (χ0) is 42.4. The zero-order valence-electron chi connectivity index (χ0n) is 32.2. The van der Waals surface area contributed by atoms with Crippen molar-refractivity contribution in [1.29, 1.82) is 5.26 Å². The molecule has 17 heteroatoms. The molecule has 0 spiro atoms. The molecular weight excluding hydrogens is 809 g/mol. The maximum Gasteiger partial charge on any atom is 0.475 e. The first-order valence-electron chi connectivity index (χ1n) is 18.2. The van der Waals surface area contributed by atoms with Crippen molar-refractivity contribution in [2.45, 2.75) is 49.4 Å². The fourth-order valence-corrected chi connectivity index (χ4v) is 8.42. The number of esters is 1. The third-order valence-electron chi connectivity index (χ3n) is 8.95. The smallest absolute Gasteiger partial charge is 0.447 e. The summed E-state index contributed by atoms with van der Waals surface area (Å²) in [5, 5.41) is 12.1. The fourth-order valence-electron chi connectivity index (χ4n) is 5.97. The molecule has 1 aliphatic rings. The summed E-state index contributed by atoms with van der Waals surface area (Å²) in [6.45, 7) is 10.0. The lowest BCUT2D eigenvalue weighted by molar-refractivity contribution is -0.146. The first kappa shape index (κ1) is 45.0. The van der Waals surface area contributed by atoms with Crippen LogP contribution in [0, 0.1) is 35.7 Å². The van der Waals surface area contributed by atoms with Gasteiger partial charge in [-0.2, -0.15) is 10.4 Å². The number of benzene rings is 3. The van der Waals surface area contributed by atoms with Gasteiger partial charge < -0.3 is 14.2 Å². The molecule has 1 aliphatic heterocycles. The minimum atomic E-state index is -4.15. The normalized spacial score (nSPS) is 17.4. The molecule has 2 atom stereocenters. The molecule has 5 rings (SSSR count). The maximum absolute atomic E-state index is 16.1. The number of aryl methyl sites for hydroxylation is 1. The number of hydrogen-bond donors (Lipinski definition) is 0. The van der Waals surface area contributed by atoms with Crippen molar-refractivity contribution >= 4 is 31.6 Å². The second-order valence-corrected chi connectivity index (χ2v) is 16.3. The lowest BCUT2D eigenvalue weighted by Gasteiger charge is -2.40. The standard InChI is InChI=1S/C42H42F3N4O8PS/c1-5-18-54-58(51,55-19-6-2)56-25-36-29(3)10-9-12-35(36)41(50)57-42(26-49-28-47-27-48-49,37-17-16-33(43)21-39(37)45)30(4)59-34-23-52-40(53-24-34)13-8-7-11-32-15-14-31(22-46)20-38(32)44/h5-17,20-21,27-28,30,34,40H,1-2,18-19,23-26H2,3-4H3/t30-,34-,40-,42-/m1/s1. The highest BCUT2D eigenvalue weighted by Gasteiger charge is 2.47. The van der Waals surface area contributed by atoms with Gasteiger partial charge in [0.25, 0.3) is 0 Å². The lowest BCUT2D eigenvalue weighted by atomic mass is 9.89. The number of hydrogen-bond acceptors (Lipinski definition) is 12. The van der Waals surface area contributed by atoms with Crippen LogP contribution in [-0.4, -0.2) is 64.0 Å². The SMILES string of the molecule is C=CCOP(=O)(OCC=C)OCc1c(C)cccc1C(=O)O[C@@](Cn1cncn1)(c1ccc(F)cc1F)[C@@H](C)S[C@H]1CO[C@H](C=CC=Cc2ccc(C#N)cc2F)OC1. The van der Waals surface area contributed by atoms with Crippen LogP contribution in [0.4, 0.5) is 13.2 Å². The first-order chi connectivity index (χ1) is 28.4. The molecule has 1 aromatic heterocycles. The van der Waals surface area contributed by atoms with Gasteiger partial charge in [0.2, 0.25) is 0 Å². The Kier molecular flexibility index (Phi) is 16.2. The number of phosphoric acid groups is 1. The number of aromatic nitrogens is 3. The minimum absolute atomic E-state index is 0.0154. The molecule has 1 saturated heterocycles. The molecular formula is C42H42F3N4O8PS. The molecule has 0 amide bonds. The molecule has 4 aromatic rings. The van der Waals surface area contributed by atoms with Crippen LogP contribution in [0.2, 0.25) is 0 Å². The van der Waals surface area contributed by atoms with Crippen LogP contribution >= 0.6 is 19.6 Å². The Bertz CT molecular complexity index is 2230. The molecule has 1 fully saturated rings. The van der Waals surface area contributed by atoms with Crippen LogP contribution in [-0.2, 0) is 51.1 Å². The number of ether oxygens (including phenoxy) is 3. The summed E-state index contributed by atoms with van der Waals surface area (Å²) in [4.78, 5) is 18.5.